The average Bonchev–Trinajstić information content (AvgIpc) is 2.99. The lowest BCUT2D eigenvalue weighted by molar-refractivity contribution is -0.152. The molecule has 1 aliphatic rings. The summed E-state index contributed by atoms with van der Waals surface area (Å²) in [6, 6.07) is 17.5. The van der Waals surface area contributed by atoms with Crippen molar-refractivity contribution in [1.82, 2.24) is 10.3 Å². The van der Waals surface area contributed by atoms with Crippen molar-refractivity contribution < 1.29 is 14.3 Å². The Morgan fingerprint density at radius 2 is 1.85 bits per heavy atom. The van der Waals surface area contributed by atoms with Gasteiger partial charge in [0.1, 0.15) is 0 Å². The third-order valence-electron chi connectivity index (χ3n) is 5.13. The van der Waals surface area contributed by atoms with Crippen molar-refractivity contribution in [2.24, 2.45) is 0 Å². The number of H-pyrrole nitrogens is 1. The van der Waals surface area contributed by atoms with Crippen LogP contribution in [0.25, 0.3) is 10.9 Å². The van der Waals surface area contributed by atoms with Crippen molar-refractivity contribution in [3.8, 4) is 0 Å². The number of aromatic nitrogens is 1. The molecule has 0 aliphatic carbocycles. The fourth-order valence-corrected chi connectivity index (χ4v) is 3.90. The molecular formula is C21H20N2O3. The van der Waals surface area contributed by atoms with Gasteiger partial charge in [-0.05, 0) is 23.6 Å². The number of benzene rings is 2. The third kappa shape index (κ3) is 2.39. The Morgan fingerprint density at radius 3 is 2.62 bits per heavy atom. The summed E-state index contributed by atoms with van der Waals surface area (Å²) in [5.41, 5.74) is 2.04. The van der Waals surface area contributed by atoms with Crippen LogP contribution in [0.5, 0.6) is 0 Å². The van der Waals surface area contributed by atoms with Crippen LogP contribution < -0.4 is 5.32 Å². The molecule has 0 spiro atoms. The van der Waals surface area contributed by atoms with Crippen LogP contribution >= 0.6 is 0 Å². The number of hydrogen-bond donors (Lipinski definition) is 2. The Morgan fingerprint density at radius 1 is 1.12 bits per heavy atom. The SMILES string of the molecule is COC(=O)C1(Cc2ccccc2)C(=O)NCCc2c1[nH]c1ccccc21. The molecule has 4 rings (SSSR count). The maximum absolute atomic E-state index is 13.1. The number of rotatable bonds is 3. The van der Waals surface area contributed by atoms with E-state index in [1.165, 1.54) is 7.11 Å². The molecule has 5 nitrogen and oxygen atoms in total. The van der Waals surface area contributed by atoms with Gasteiger partial charge in [0.05, 0.1) is 7.11 Å². The van der Waals surface area contributed by atoms with Gasteiger partial charge in [-0.3, -0.25) is 9.59 Å². The summed E-state index contributed by atoms with van der Waals surface area (Å²) >= 11 is 0. The summed E-state index contributed by atoms with van der Waals surface area (Å²) in [5, 5.41) is 3.95. The summed E-state index contributed by atoms with van der Waals surface area (Å²) in [6.07, 6.45) is 0.908. The van der Waals surface area contributed by atoms with E-state index in [0.29, 0.717) is 18.7 Å². The minimum Gasteiger partial charge on any atom is -0.468 e. The van der Waals surface area contributed by atoms with Crippen molar-refractivity contribution in [3.05, 3.63) is 71.4 Å². The van der Waals surface area contributed by atoms with E-state index < -0.39 is 11.4 Å². The molecule has 3 aromatic rings. The fourth-order valence-electron chi connectivity index (χ4n) is 3.90. The minimum absolute atomic E-state index is 0.242. The number of esters is 1. The van der Waals surface area contributed by atoms with Crippen molar-refractivity contribution in [1.29, 1.82) is 0 Å². The first-order valence-electron chi connectivity index (χ1n) is 8.67. The lowest BCUT2D eigenvalue weighted by atomic mass is 9.76. The maximum atomic E-state index is 13.1. The van der Waals surface area contributed by atoms with Crippen LogP contribution in [0.15, 0.2) is 54.6 Å². The van der Waals surface area contributed by atoms with Crippen LogP contribution in [0.4, 0.5) is 0 Å². The predicted octanol–water partition coefficient (Wildman–Crippen LogP) is 2.49. The first-order valence-corrected chi connectivity index (χ1v) is 8.67. The Hall–Kier alpha value is -3.08. The maximum Gasteiger partial charge on any atom is 0.327 e. The van der Waals surface area contributed by atoms with E-state index in [2.05, 4.69) is 10.3 Å². The van der Waals surface area contributed by atoms with Crippen molar-refractivity contribution in [2.45, 2.75) is 18.3 Å². The van der Waals surface area contributed by atoms with Crippen LogP contribution in [0.2, 0.25) is 0 Å². The number of amides is 1. The van der Waals surface area contributed by atoms with Gasteiger partial charge in [0.15, 0.2) is 5.41 Å². The van der Waals surface area contributed by atoms with E-state index in [0.717, 1.165) is 22.0 Å². The molecule has 0 saturated heterocycles. The number of para-hydroxylation sites is 1. The van der Waals surface area contributed by atoms with Gasteiger partial charge < -0.3 is 15.0 Å². The molecule has 2 aromatic carbocycles. The lowest BCUT2D eigenvalue weighted by Crippen LogP contribution is -2.52. The summed E-state index contributed by atoms with van der Waals surface area (Å²) in [5.74, 6) is -0.868. The van der Waals surface area contributed by atoms with E-state index in [-0.39, 0.29) is 12.3 Å². The summed E-state index contributed by atoms with van der Waals surface area (Å²) in [7, 11) is 1.33. The molecule has 26 heavy (non-hydrogen) atoms. The van der Waals surface area contributed by atoms with Gasteiger partial charge >= 0.3 is 5.97 Å². The molecule has 0 saturated carbocycles. The molecule has 1 amide bonds. The first kappa shape index (κ1) is 16.4. The zero-order valence-corrected chi connectivity index (χ0v) is 14.5. The number of carbonyl (C=O) groups excluding carboxylic acids is 2. The Balaban J connectivity index is 1.99. The quantitative estimate of drug-likeness (QED) is 0.564. The standard InChI is InChI=1S/C21H20N2O3/c1-26-20(25)21(13-14-7-3-2-4-8-14)18-16(11-12-22-19(21)24)15-9-5-6-10-17(15)23-18/h2-10,23H,11-13H2,1H3,(H,22,24). The van der Waals surface area contributed by atoms with Gasteiger partial charge in [0.25, 0.3) is 0 Å². The molecule has 1 atom stereocenters. The van der Waals surface area contributed by atoms with E-state index in [4.69, 9.17) is 4.74 Å². The number of nitrogens with one attached hydrogen (secondary N) is 2. The van der Waals surface area contributed by atoms with Gasteiger partial charge in [-0.15, -0.1) is 0 Å². The number of hydrogen-bond acceptors (Lipinski definition) is 3. The van der Waals surface area contributed by atoms with Gasteiger partial charge in [-0.1, -0.05) is 48.5 Å². The molecule has 1 unspecified atom stereocenters. The van der Waals surface area contributed by atoms with E-state index in [9.17, 15) is 9.59 Å². The van der Waals surface area contributed by atoms with Crippen LogP contribution in [0.1, 0.15) is 16.8 Å². The first-order chi connectivity index (χ1) is 12.7. The second-order valence-electron chi connectivity index (χ2n) is 6.59. The molecule has 0 radical (unpaired) electrons. The number of fused-ring (bicyclic) bond motifs is 3. The second-order valence-corrected chi connectivity index (χ2v) is 6.59. The normalized spacial score (nSPS) is 19.5. The molecule has 0 fully saturated rings. The zero-order valence-electron chi connectivity index (χ0n) is 14.5. The Bertz CT molecular complexity index is 977. The molecule has 1 aliphatic heterocycles. The molecule has 1 aromatic heterocycles. The Kier molecular flexibility index (Phi) is 3.99. The average molecular weight is 348 g/mol. The molecule has 2 heterocycles. The Labute approximate surface area is 151 Å². The summed E-state index contributed by atoms with van der Waals surface area (Å²) in [6.45, 7) is 0.487. The molecule has 132 valence electrons. The smallest absolute Gasteiger partial charge is 0.327 e. The minimum atomic E-state index is -1.43. The second kappa shape index (κ2) is 6.33. The molecular weight excluding hydrogens is 328 g/mol. The molecule has 2 N–H and O–H groups in total. The molecule has 5 heteroatoms. The topological polar surface area (TPSA) is 71.2 Å². The van der Waals surface area contributed by atoms with Crippen LogP contribution in [0.3, 0.4) is 0 Å². The van der Waals surface area contributed by atoms with Crippen molar-refractivity contribution in [3.63, 3.8) is 0 Å². The number of carbonyl (C=O) groups is 2. The monoisotopic (exact) mass is 348 g/mol. The van der Waals surface area contributed by atoms with Crippen molar-refractivity contribution >= 4 is 22.8 Å². The highest BCUT2D eigenvalue weighted by atomic mass is 16.5. The fraction of sp³-hybridized carbons (Fsp3) is 0.238. The third-order valence-corrected chi connectivity index (χ3v) is 5.13. The highest BCUT2D eigenvalue weighted by Crippen LogP contribution is 2.37. The van der Waals surface area contributed by atoms with Gasteiger partial charge in [-0.25, -0.2) is 0 Å². The van der Waals surface area contributed by atoms with Crippen molar-refractivity contribution in [2.75, 3.05) is 13.7 Å². The van der Waals surface area contributed by atoms with E-state index in [1.807, 2.05) is 54.6 Å². The zero-order chi connectivity index (χ0) is 18.1. The summed E-state index contributed by atoms with van der Waals surface area (Å²) in [4.78, 5) is 29.5. The van der Waals surface area contributed by atoms with E-state index in [1.54, 1.807) is 0 Å². The molecule has 0 bridgehead atoms. The van der Waals surface area contributed by atoms with Crippen LogP contribution in [0, 0.1) is 0 Å². The lowest BCUT2D eigenvalue weighted by Gasteiger charge is -2.28. The number of ether oxygens (including phenoxy) is 1. The summed E-state index contributed by atoms with van der Waals surface area (Å²) < 4.78 is 5.12. The highest BCUT2D eigenvalue weighted by Gasteiger charge is 2.52. The number of methoxy groups -OCH3 is 1. The predicted molar refractivity (Wildman–Crippen MR) is 98.9 cm³/mol. The van der Waals surface area contributed by atoms with Crippen LogP contribution in [-0.4, -0.2) is 30.5 Å². The van der Waals surface area contributed by atoms with Gasteiger partial charge in [0.2, 0.25) is 5.91 Å². The van der Waals surface area contributed by atoms with E-state index >= 15 is 0 Å². The van der Waals surface area contributed by atoms with Gasteiger partial charge in [0, 0.05) is 29.6 Å². The number of aromatic amines is 1. The largest absolute Gasteiger partial charge is 0.468 e. The highest BCUT2D eigenvalue weighted by molar-refractivity contribution is 6.10. The van der Waals surface area contributed by atoms with Gasteiger partial charge in [-0.2, -0.15) is 0 Å². The van der Waals surface area contributed by atoms with Crippen LogP contribution in [-0.2, 0) is 32.6 Å².